The van der Waals surface area contributed by atoms with Crippen molar-refractivity contribution in [3.8, 4) is 23.0 Å². The first-order chi connectivity index (χ1) is 19.0. The maximum absolute atomic E-state index is 14.0. The number of hydrogen-bond donors (Lipinski definition) is 2. The topological polar surface area (TPSA) is 115 Å². The summed E-state index contributed by atoms with van der Waals surface area (Å²) in [5.74, 6) is 0.0776. The van der Waals surface area contributed by atoms with Crippen LogP contribution < -0.4 is 34.5 Å². The normalized spacial score (nSPS) is 11.7. The van der Waals surface area contributed by atoms with Gasteiger partial charge in [-0.3, -0.25) is 19.3 Å². The molecule has 0 spiro atoms. The number of ether oxygens (including phenoxy) is 4. The number of benzene rings is 2. The predicted molar refractivity (Wildman–Crippen MR) is 154 cm³/mol. The molecule has 11 heteroatoms. The zero-order valence-electron chi connectivity index (χ0n) is 23.7. The zero-order chi connectivity index (χ0) is 29.4. The molecule has 2 aromatic carbocycles. The van der Waals surface area contributed by atoms with E-state index < -0.39 is 29.3 Å². The van der Waals surface area contributed by atoms with Crippen LogP contribution in [0, 0.1) is 0 Å². The average Bonchev–Trinajstić information content (AvgIpc) is 3.47. The molecule has 0 aliphatic carbocycles. The molecule has 214 valence electrons. The van der Waals surface area contributed by atoms with Gasteiger partial charge < -0.3 is 29.6 Å². The van der Waals surface area contributed by atoms with Crippen molar-refractivity contribution in [2.45, 2.75) is 32.4 Å². The summed E-state index contributed by atoms with van der Waals surface area (Å²) >= 11 is 1.26. The smallest absolute Gasteiger partial charge is 0.261 e. The highest BCUT2D eigenvalue weighted by atomic mass is 32.1. The Morgan fingerprint density at radius 3 is 2.10 bits per heavy atom. The quantitative estimate of drug-likeness (QED) is 0.356. The number of methoxy groups -OCH3 is 4. The van der Waals surface area contributed by atoms with E-state index in [1.807, 2.05) is 20.8 Å². The molecular formula is C29H35N3O7S. The molecule has 10 nitrogen and oxygen atoms in total. The Bertz CT molecular complexity index is 1310. The number of anilines is 1. The number of amides is 3. The third kappa shape index (κ3) is 7.23. The number of thiophene rings is 1. The van der Waals surface area contributed by atoms with Crippen LogP contribution >= 0.6 is 11.3 Å². The molecule has 1 atom stereocenters. The molecule has 0 aliphatic rings. The number of carbonyl (C=O) groups is 3. The molecule has 0 fully saturated rings. The van der Waals surface area contributed by atoms with E-state index in [1.165, 1.54) is 44.7 Å². The lowest BCUT2D eigenvalue weighted by atomic mass is 9.99. The number of nitrogens with one attached hydrogen (secondary N) is 2. The van der Waals surface area contributed by atoms with Crippen molar-refractivity contribution in [1.29, 1.82) is 0 Å². The highest BCUT2D eigenvalue weighted by Gasteiger charge is 2.36. The Labute approximate surface area is 238 Å². The number of rotatable bonds is 11. The second-order valence-corrected chi connectivity index (χ2v) is 10.7. The summed E-state index contributed by atoms with van der Waals surface area (Å²) in [5, 5.41) is 7.42. The molecule has 0 radical (unpaired) electrons. The Morgan fingerprint density at radius 1 is 0.900 bits per heavy atom. The summed E-state index contributed by atoms with van der Waals surface area (Å²) in [6.45, 7) is 5.17. The fourth-order valence-corrected chi connectivity index (χ4v) is 4.69. The van der Waals surface area contributed by atoms with Crippen molar-refractivity contribution in [2.75, 3.05) is 39.9 Å². The lowest BCUT2D eigenvalue weighted by Crippen LogP contribution is -2.51. The van der Waals surface area contributed by atoms with Crippen LogP contribution in [-0.4, -0.2) is 58.2 Å². The lowest BCUT2D eigenvalue weighted by Gasteiger charge is -2.34. The van der Waals surface area contributed by atoms with Gasteiger partial charge in [-0.1, -0.05) is 12.1 Å². The van der Waals surface area contributed by atoms with Crippen LogP contribution in [0.1, 0.15) is 42.0 Å². The van der Waals surface area contributed by atoms with Crippen molar-refractivity contribution < 1.29 is 33.3 Å². The van der Waals surface area contributed by atoms with Gasteiger partial charge in [-0.2, -0.15) is 0 Å². The van der Waals surface area contributed by atoms with Gasteiger partial charge in [-0.25, -0.2) is 0 Å². The third-order valence-electron chi connectivity index (χ3n) is 5.75. The molecule has 0 saturated carbocycles. The standard InChI is InChI=1S/C29H35N3O7S/c1-29(2,3)31-28(35)25(18-14-21(37-5)26(39-7)22(15-18)38-6)32(19-10-8-11-20(16-19)36-4)24(33)17-30-27(34)23-12-9-13-40-23/h8-16,25H,17H2,1-7H3,(H,30,34)(H,31,35). The molecule has 3 amide bonds. The fourth-order valence-electron chi connectivity index (χ4n) is 4.05. The maximum atomic E-state index is 14.0. The van der Waals surface area contributed by atoms with Crippen molar-refractivity contribution in [3.05, 3.63) is 64.4 Å². The summed E-state index contributed by atoms with van der Waals surface area (Å²) < 4.78 is 21.9. The first kappa shape index (κ1) is 30.3. The summed E-state index contributed by atoms with van der Waals surface area (Å²) in [4.78, 5) is 42.4. The molecule has 0 bridgehead atoms. The summed E-state index contributed by atoms with van der Waals surface area (Å²) in [7, 11) is 5.93. The molecule has 3 rings (SSSR count). The number of carbonyl (C=O) groups excluding carboxylic acids is 3. The van der Waals surface area contributed by atoms with E-state index in [2.05, 4.69) is 10.6 Å². The molecule has 1 heterocycles. The van der Waals surface area contributed by atoms with E-state index in [4.69, 9.17) is 18.9 Å². The fraction of sp³-hybridized carbons (Fsp3) is 0.345. The van der Waals surface area contributed by atoms with E-state index in [-0.39, 0.29) is 6.54 Å². The van der Waals surface area contributed by atoms with Crippen molar-refractivity contribution in [2.24, 2.45) is 0 Å². The molecule has 40 heavy (non-hydrogen) atoms. The van der Waals surface area contributed by atoms with Gasteiger partial charge in [-0.05, 0) is 62.0 Å². The van der Waals surface area contributed by atoms with E-state index in [9.17, 15) is 14.4 Å². The Kier molecular flexibility index (Phi) is 10.0. The number of hydrogen-bond acceptors (Lipinski definition) is 8. The van der Waals surface area contributed by atoms with Gasteiger partial charge in [0.15, 0.2) is 11.5 Å². The minimum absolute atomic E-state index is 0.314. The Hall–Kier alpha value is -4.25. The van der Waals surface area contributed by atoms with Crippen LogP contribution in [-0.2, 0) is 9.59 Å². The first-order valence-electron chi connectivity index (χ1n) is 12.4. The minimum Gasteiger partial charge on any atom is -0.497 e. The highest BCUT2D eigenvalue weighted by molar-refractivity contribution is 7.12. The van der Waals surface area contributed by atoms with Crippen LogP contribution in [0.4, 0.5) is 5.69 Å². The van der Waals surface area contributed by atoms with Crippen LogP contribution in [0.3, 0.4) is 0 Å². The van der Waals surface area contributed by atoms with Crippen molar-refractivity contribution in [3.63, 3.8) is 0 Å². The highest BCUT2D eigenvalue weighted by Crippen LogP contribution is 2.42. The molecular weight excluding hydrogens is 534 g/mol. The molecule has 0 saturated heterocycles. The molecule has 0 aliphatic heterocycles. The van der Waals surface area contributed by atoms with Crippen LogP contribution in [0.15, 0.2) is 53.9 Å². The predicted octanol–water partition coefficient (Wildman–Crippen LogP) is 4.20. The van der Waals surface area contributed by atoms with Gasteiger partial charge in [0.1, 0.15) is 11.8 Å². The summed E-state index contributed by atoms with van der Waals surface area (Å²) in [6, 6.07) is 12.3. The SMILES string of the molecule is COc1cccc(N(C(=O)CNC(=O)c2cccs2)C(C(=O)NC(C)(C)C)c2cc(OC)c(OC)c(OC)c2)c1. The van der Waals surface area contributed by atoms with Gasteiger partial charge in [0.25, 0.3) is 5.91 Å². The van der Waals surface area contributed by atoms with E-state index in [0.29, 0.717) is 39.1 Å². The van der Waals surface area contributed by atoms with Crippen molar-refractivity contribution >= 4 is 34.7 Å². The molecule has 2 N–H and O–H groups in total. The van der Waals surface area contributed by atoms with E-state index >= 15 is 0 Å². The Balaban J connectivity index is 2.18. The van der Waals surface area contributed by atoms with Crippen molar-refractivity contribution in [1.82, 2.24) is 10.6 Å². The molecule has 1 aromatic heterocycles. The van der Waals surface area contributed by atoms with Gasteiger partial charge in [0, 0.05) is 17.3 Å². The monoisotopic (exact) mass is 569 g/mol. The van der Waals surface area contributed by atoms with E-state index in [1.54, 1.807) is 53.9 Å². The van der Waals surface area contributed by atoms with Crippen LogP contribution in [0.5, 0.6) is 23.0 Å². The first-order valence-corrected chi connectivity index (χ1v) is 13.3. The minimum atomic E-state index is -1.19. The van der Waals surface area contributed by atoms with Gasteiger partial charge in [-0.15, -0.1) is 11.3 Å². The summed E-state index contributed by atoms with van der Waals surface area (Å²) in [5.41, 5.74) is 0.168. The summed E-state index contributed by atoms with van der Waals surface area (Å²) in [6.07, 6.45) is 0. The van der Waals surface area contributed by atoms with E-state index in [0.717, 1.165) is 0 Å². The largest absolute Gasteiger partial charge is 0.497 e. The third-order valence-corrected chi connectivity index (χ3v) is 6.62. The lowest BCUT2D eigenvalue weighted by molar-refractivity contribution is -0.127. The Morgan fingerprint density at radius 2 is 1.57 bits per heavy atom. The van der Waals surface area contributed by atoms with Gasteiger partial charge in [0.2, 0.25) is 17.6 Å². The zero-order valence-corrected chi connectivity index (χ0v) is 24.5. The molecule has 3 aromatic rings. The van der Waals surface area contributed by atoms with Crippen LogP contribution in [0.2, 0.25) is 0 Å². The maximum Gasteiger partial charge on any atom is 0.261 e. The second-order valence-electron chi connectivity index (χ2n) is 9.73. The average molecular weight is 570 g/mol. The number of nitrogens with zero attached hydrogens (tertiary/aromatic N) is 1. The van der Waals surface area contributed by atoms with Crippen LogP contribution in [0.25, 0.3) is 0 Å². The van der Waals surface area contributed by atoms with Gasteiger partial charge >= 0.3 is 0 Å². The van der Waals surface area contributed by atoms with Gasteiger partial charge in [0.05, 0.1) is 39.9 Å². The molecule has 1 unspecified atom stereocenters. The second kappa shape index (κ2) is 13.2.